The minimum atomic E-state index is -0.534. The molecule has 0 aliphatic carbocycles. The number of nitrogens with zero attached hydrogens (tertiary/aromatic N) is 1. The van der Waals surface area contributed by atoms with Crippen LogP contribution in [0, 0.1) is 5.41 Å². The molecule has 0 fully saturated rings. The highest BCUT2D eigenvalue weighted by molar-refractivity contribution is 5.82. The zero-order valence-electron chi connectivity index (χ0n) is 4.82. The van der Waals surface area contributed by atoms with Crippen LogP contribution in [0.5, 0.6) is 0 Å². The molecule has 2 nitrogen and oxygen atoms in total. The number of halogens is 1. The van der Waals surface area contributed by atoms with Crippen molar-refractivity contribution in [3.63, 3.8) is 0 Å². The Hall–Kier alpha value is -0.730. The molecule has 0 atom stereocenters. The highest BCUT2D eigenvalue weighted by atomic mass is 19.1. The Kier molecular flexibility index (Phi) is 4.03. The van der Waals surface area contributed by atoms with Crippen molar-refractivity contribution in [1.29, 1.82) is 5.41 Å². The van der Waals surface area contributed by atoms with E-state index in [0.29, 0.717) is 12.3 Å². The molecule has 0 amide bonds. The number of nitrogens with one attached hydrogen (secondary N) is 1. The normalized spacial score (nSPS) is 10.2. The van der Waals surface area contributed by atoms with Crippen LogP contribution in [0.25, 0.3) is 0 Å². The maximum absolute atomic E-state index is 11.2. The second-order valence-corrected chi connectivity index (χ2v) is 1.46. The van der Waals surface area contributed by atoms with Gasteiger partial charge in [0.2, 0.25) is 0 Å². The minimum absolute atomic E-state index is 0.323. The van der Waals surface area contributed by atoms with Crippen molar-refractivity contribution >= 4 is 11.9 Å². The summed E-state index contributed by atoms with van der Waals surface area (Å²) in [5.74, 6) is 0. The lowest BCUT2D eigenvalue weighted by atomic mass is 10.4. The smallest absolute Gasteiger partial charge is 0.124 e. The molecule has 0 aromatic heterocycles. The maximum Gasteiger partial charge on any atom is 0.124 e. The molecule has 0 rings (SSSR count). The lowest BCUT2D eigenvalue weighted by molar-refractivity contribution is 0.587. The maximum atomic E-state index is 11.2. The lowest BCUT2D eigenvalue weighted by Gasteiger charge is -1.84. The van der Waals surface area contributed by atoms with Gasteiger partial charge in [0.15, 0.2) is 0 Å². The summed E-state index contributed by atoms with van der Waals surface area (Å²) >= 11 is 0. The van der Waals surface area contributed by atoms with Gasteiger partial charge in [-0.25, -0.2) is 4.39 Å². The van der Waals surface area contributed by atoms with Crippen LogP contribution in [0.4, 0.5) is 4.39 Å². The standard InChI is InChI=1S/C5H9FN2/c1-5(7)4-8-3-2-6/h3,7H,2,4H2,1H3. The van der Waals surface area contributed by atoms with Crippen LogP contribution in [-0.4, -0.2) is 25.1 Å². The number of aliphatic imine (C=N–C) groups is 1. The van der Waals surface area contributed by atoms with Gasteiger partial charge in [0.05, 0.1) is 6.54 Å². The summed E-state index contributed by atoms with van der Waals surface area (Å²) in [6, 6.07) is 0. The van der Waals surface area contributed by atoms with E-state index >= 15 is 0 Å². The van der Waals surface area contributed by atoms with E-state index in [4.69, 9.17) is 5.41 Å². The molecule has 8 heavy (non-hydrogen) atoms. The molecule has 0 aliphatic heterocycles. The fraction of sp³-hybridized carbons (Fsp3) is 0.600. The number of hydrogen-bond acceptors (Lipinski definition) is 2. The molecule has 0 spiro atoms. The van der Waals surface area contributed by atoms with Gasteiger partial charge >= 0.3 is 0 Å². The average Bonchev–Trinajstić information content (AvgIpc) is 1.66. The van der Waals surface area contributed by atoms with E-state index in [-0.39, 0.29) is 0 Å². The van der Waals surface area contributed by atoms with E-state index in [1.807, 2.05) is 0 Å². The van der Waals surface area contributed by atoms with E-state index in [2.05, 4.69) is 4.99 Å². The molecule has 3 heteroatoms. The first-order valence-electron chi connectivity index (χ1n) is 2.35. The SMILES string of the molecule is CC(=N)CN=CCF. The van der Waals surface area contributed by atoms with E-state index in [1.54, 1.807) is 6.92 Å². The van der Waals surface area contributed by atoms with Crippen molar-refractivity contribution in [2.75, 3.05) is 13.2 Å². The van der Waals surface area contributed by atoms with Crippen molar-refractivity contribution in [1.82, 2.24) is 0 Å². The predicted molar refractivity (Wildman–Crippen MR) is 32.7 cm³/mol. The van der Waals surface area contributed by atoms with Crippen molar-refractivity contribution in [2.45, 2.75) is 6.92 Å². The van der Waals surface area contributed by atoms with Gasteiger partial charge in [-0.15, -0.1) is 0 Å². The molecule has 1 N–H and O–H groups in total. The first-order valence-corrected chi connectivity index (χ1v) is 2.35. The zero-order valence-corrected chi connectivity index (χ0v) is 4.82. The van der Waals surface area contributed by atoms with Crippen molar-refractivity contribution in [3.05, 3.63) is 0 Å². The van der Waals surface area contributed by atoms with E-state index in [1.165, 1.54) is 0 Å². The largest absolute Gasteiger partial charge is 0.308 e. The highest BCUT2D eigenvalue weighted by Gasteiger charge is 1.78. The Bertz CT molecular complexity index is 98.6. The van der Waals surface area contributed by atoms with Crippen LogP contribution in [-0.2, 0) is 0 Å². The van der Waals surface area contributed by atoms with E-state index in [0.717, 1.165) is 6.21 Å². The van der Waals surface area contributed by atoms with Crippen LogP contribution in [0.3, 0.4) is 0 Å². The molecule has 0 unspecified atom stereocenters. The van der Waals surface area contributed by atoms with Gasteiger partial charge in [-0.2, -0.15) is 0 Å². The molecule has 0 bridgehead atoms. The van der Waals surface area contributed by atoms with E-state index in [9.17, 15) is 4.39 Å². The quantitative estimate of drug-likeness (QED) is 0.535. The third kappa shape index (κ3) is 5.27. The zero-order chi connectivity index (χ0) is 6.41. The fourth-order valence-electron chi connectivity index (χ4n) is 0.250. The topological polar surface area (TPSA) is 36.2 Å². The van der Waals surface area contributed by atoms with Gasteiger partial charge in [0, 0.05) is 11.9 Å². The van der Waals surface area contributed by atoms with E-state index < -0.39 is 6.67 Å². The first-order chi connectivity index (χ1) is 3.77. The summed E-state index contributed by atoms with van der Waals surface area (Å²) in [7, 11) is 0. The molecular weight excluding hydrogens is 107 g/mol. The van der Waals surface area contributed by atoms with Gasteiger partial charge in [-0.3, -0.25) is 4.99 Å². The number of alkyl halides is 1. The van der Waals surface area contributed by atoms with Crippen molar-refractivity contribution in [2.24, 2.45) is 4.99 Å². The number of rotatable bonds is 3. The molecule has 0 aromatic rings. The Balaban J connectivity index is 3.16. The minimum Gasteiger partial charge on any atom is -0.308 e. The summed E-state index contributed by atoms with van der Waals surface area (Å²) in [5, 5.41) is 6.84. The molecule has 46 valence electrons. The predicted octanol–water partition coefficient (Wildman–Crippen LogP) is 1.07. The second-order valence-electron chi connectivity index (χ2n) is 1.46. The van der Waals surface area contributed by atoms with Gasteiger partial charge in [0.1, 0.15) is 6.67 Å². The van der Waals surface area contributed by atoms with Gasteiger partial charge in [0.25, 0.3) is 0 Å². The lowest BCUT2D eigenvalue weighted by Crippen LogP contribution is -1.93. The summed E-state index contributed by atoms with van der Waals surface area (Å²) < 4.78 is 11.2. The van der Waals surface area contributed by atoms with Gasteiger partial charge < -0.3 is 5.41 Å². The summed E-state index contributed by atoms with van der Waals surface area (Å²) in [6.45, 7) is 1.42. The van der Waals surface area contributed by atoms with Crippen molar-refractivity contribution in [3.8, 4) is 0 Å². The summed E-state index contributed by atoms with van der Waals surface area (Å²) in [5.41, 5.74) is 0.453. The molecular formula is C5H9FN2. The summed E-state index contributed by atoms with van der Waals surface area (Å²) in [4.78, 5) is 3.56. The van der Waals surface area contributed by atoms with Crippen LogP contribution < -0.4 is 0 Å². The average molecular weight is 116 g/mol. The van der Waals surface area contributed by atoms with Gasteiger partial charge in [-0.05, 0) is 6.92 Å². The third-order valence-electron chi connectivity index (χ3n) is 0.527. The molecule has 0 saturated carbocycles. The molecule has 0 radical (unpaired) electrons. The number of hydrogen-bond donors (Lipinski definition) is 1. The highest BCUT2D eigenvalue weighted by Crippen LogP contribution is 1.71. The van der Waals surface area contributed by atoms with Crippen LogP contribution in [0.1, 0.15) is 6.92 Å². The Morgan fingerprint density at radius 2 is 2.50 bits per heavy atom. The molecule has 0 saturated heterocycles. The van der Waals surface area contributed by atoms with Crippen LogP contribution in [0.15, 0.2) is 4.99 Å². The Labute approximate surface area is 47.9 Å². The Morgan fingerprint density at radius 3 is 2.88 bits per heavy atom. The monoisotopic (exact) mass is 116 g/mol. The third-order valence-corrected chi connectivity index (χ3v) is 0.527. The summed E-state index contributed by atoms with van der Waals surface area (Å²) in [6.07, 6.45) is 1.16. The molecule has 0 aliphatic rings. The fourth-order valence-corrected chi connectivity index (χ4v) is 0.250. The molecule has 0 heterocycles. The Morgan fingerprint density at radius 1 is 1.88 bits per heavy atom. The van der Waals surface area contributed by atoms with Crippen LogP contribution >= 0.6 is 0 Å². The molecule has 0 aromatic carbocycles. The van der Waals surface area contributed by atoms with Gasteiger partial charge in [-0.1, -0.05) is 0 Å². The second kappa shape index (κ2) is 4.43. The van der Waals surface area contributed by atoms with Crippen molar-refractivity contribution < 1.29 is 4.39 Å². The first kappa shape index (κ1) is 7.27. The van der Waals surface area contributed by atoms with Crippen LogP contribution in [0.2, 0.25) is 0 Å².